The lowest BCUT2D eigenvalue weighted by Gasteiger charge is -2.08. The van der Waals surface area contributed by atoms with Crippen LogP contribution >= 0.6 is 0 Å². The Morgan fingerprint density at radius 2 is 2.14 bits per heavy atom. The van der Waals surface area contributed by atoms with Crippen LogP contribution in [0.25, 0.3) is 0 Å². The van der Waals surface area contributed by atoms with Gasteiger partial charge >= 0.3 is 5.97 Å². The summed E-state index contributed by atoms with van der Waals surface area (Å²) < 4.78 is 1.31. The highest BCUT2D eigenvalue weighted by Crippen LogP contribution is 2.12. The van der Waals surface area contributed by atoms with E-state index in [1.165, 1.54) is 10.6 Å². The first-order valence-corrected chi connectivity index (χ1v) is 4.15. The number of hydrogen-bond acceptors (Lipinski definition) is 3. The molecule has 0 saturated heterocycles. The zero-order chi connectivity index (χ0) is 10.9. The van der Waals surface area contributed by atoms with Crippen LogP contribution in [-0.4, -0.2) is 20.7 Å². The summed E-state index contributed by atoms with van der Waals surface area (Å²) in [4.78, 5) is 22.0. The van der Waals surface area contributed by atoms with E-state index < -0.39 is 17.3 Å². The third-order valence-corrected chi connectivity index (χ3v) is 2.03. The van der Waals surface area contributed by atoms with Crippen LogP contribution in [0.2, 0.25) is 0 Å². The Balaban J connectivity index is 3.56. The van der Waals surface area contributed by atoms with Crippen molar-refractivity contribution in [1.82, 2.24) is 4.57 Å². The average Bonchev–Trinajstić information content (AvgIpc) is 2.12. The number of carboxylic acids is 1. The van der Waals surface area contributed by atoms with Crippen molar-refractivity contribution in [2.24, 2.45) is 0 Å². The number of hydrogen-bond donors (Lipinski definition) is 2. The van der Waals surface area contributed by atoms with E-state index in [1.54, 1.807) is 13.8 Å². The molecule has 0 bridgehead atoms. The smallest absolute Gasteiger partial charge is 0.339 e. The van der Waals surface area contributed by atoms with Gasteiger partial charge in [0.2, 0.25) is 0 Å². The minimum atomic E-state index is -1.30. The molecule has 0 spiro atoms. The Bertz CT molecular complexity index is 433. The monoisotopic (exact) mass is 197 g/mol. The van der Waals surface area contributed by atoms with Crippen molar-refractivity contribution >= 4 is 5.97 Å². The maximum absolute atomic E-state index is 11.4. The number of aryl methyl sites for hydroxylation is 1. The van der Waals surface area contributed by atoms with Gasteiger partial charge in [0.05, 0.1) is 0 Å². The third-order valence-electron chi connectivity index (χ3n) is 2.03. The molecule has 76 valence electrons. The number of aromatic carboxylic acids is 1. The van der Waals surface area contributed by atoms with E-state index in [-0.39, 0.29) is 5.56 Å². The van der Waals surface area contributed by atoms with Crippen LogP contribution < -0.4 is 5.56 Å². The van der Waals surface area contributed by atoms with E-state index >= 15 is 0 Å². The third kappa shape index (κ3) is 1.48. The van der Waals surface area contributed by atoms with Gasteiger partial charge in [0, 0.05) is 12.2 Å². The molecular formula is C9H11NO4. The topological polar surface area (TPSA) is 79.5 Å². The molecular weight excluding hydrogens is 186 g/mol. The molecule has 0 aromatic carbocycles. The van der Waals surface area contributed by atoms with Gasteiger partial charge in [-0.25, -0.2) is 4.79 Å². The van der Waals surface area contributed by atoms with E-state index in [0.29, 0.717) is 12.2 Å². The molecule has 1 heterocycles. The quantitative estimate of drug-likeness (QED) is 0.726. The standard InChI is InChI=1S/C9H11NO4/c1-3-10-5(2)4-6(9(13)14)7(11)8(10)12/h4,11H,3H2,1-2H3,(H,13,14). The first-order valence-electron chi connectivity index (χ1n) is 4.15. The first-order chi connectivity index (χ1) is 6.49. The van der Waals surface area contributed by atoms with Gasteiger partial charge in [-0.05, 0) is 19.9 Å². The first kappa shape index (κ1) is 10.3. The summed E-state index contributed by atoms with van der Waals surface area (Å²) in [6.07, 6.45) is 0. The molecule has 0 aliphatic rings. The number of carbonyl (C=O) groups is 1. The molecule has 0 atom stereocenters. The maximum Gasteiger partial charge on any atom is 0.339 e. The van der Waals surface area contributed by atoms with Crippen molar-refractivity contribution in [3.63, 3.8) is 0 Å². The Morgan fingerprint density at radius 1 is 1.57 bits per heavy atom. The minimum Gasteiger partial charge on any atom is -0.502 e. The molecule has 0 saturated carbocycles. The predicted octanol–water partition coefficient (Wildman–Crippen LogP) is 0.580. The fraction of sp³-hybridized carbons (Fsp3) is 0.333. The summed E-state index contributed by atoms with van der Waals surface area (Å²) in [6.45, 7) is 3.77. The molecule has 0 amide bonds. The zero-order valence-corrected chi connectivity index (χ0v) is 7.94. The highest BCUT2D eigenvalue weighted by molar-refractivity contribution is 5.90. The molecule has 0 fully saturated rings. The Kier molecular flexibility index (Phi) is 2.60. The Hall–Kier alpha value is -1.78. The molecule has 1 aromatic rings. The summed E-state index contributed by atoms with van der Waals surface area (Å²) in [5, 5.41) is 18.0. The zero-order valence-electron chi connectivity index (χ0n) is 7.94. The Morgan fingerprint density at radius 3 is 2.57 bits per heavy atom. The highest BCUT2D eigenvalue weighted by Gasteiger charge is 2.15. The summed E-state index contributed by atoms with van der Waals surface area (Å²) in [6, 6.07) is 1.28. The van der Waals surface area contributed by atoms with Crippen LogP contribution in [-0.2, 0) is 6.54 Å². The molecule has 14 heavy (non-hydrogen) atoms. The predicted molar refractivity (Wildman–Crippen MR) is 49.7 cm³/mol. The van der Waals surface area contributed by atoms with Crippen molar-refractivity contribution in [3.05, 3.63) is 27.7 Å². The SMILES string of the molecule is CCn1c(C)cc(C(=O)O)c(O)c1=O. The largest absolute Gasteiger partial charge is 0.502 e. The number of pyridine rings is 1. The Labute approximate surface area is 80.2 Å². The summed E-state index contributed by atoms with van der Waals surface area (Å²) >= 11 is 0. The van der Waals surface area contributed by atoms with Gasteiger partial charge in [-0.2, -0.15) is 0 Å². The lowest BCUT2D eigenvalue weighted by atomic mass is 10.2. The second-order valence-electron chi connectivity index (χ2n) is 2.90. The molecule has 1 rings (SSSR count). The molecule has 5 heteroatoms. The molecule has 5 nitrogen and oxygen atoms in total. The number of carboxylic acid groups (broad SMARTS) is 1. The van der Waals surface area contributed by atoms with Crippen molar-refractivity contribution < 1.29 is 15.0 Å². The summed E-state index contributed by atoms with van der Waals surface area (Å²) in [5.74, 6) is -2.00. The number of aromatic nitrogens is 1. The van der Waals surface area contributed by atoms with Gasteiger partial charge in [-0.1, -0.05) is 0 Å². The van der Waals surface area contributed by atoms with Gasteiger partial charge in [0.15, 0.2) is 5.75 Å². The van der Waals surface area contributed by atoms with Crippen molar-refractivity contribution in [2.75, 3.05) is 0 Å². The van der Waals surface area contributed by atoms with E-state index in [9.17, 15) is 14.7 Å². The van der Waals surface area contributed by atoms with Gasteiger partial charge in [-0.3, -0.25) is 4.79 Å². The molecule has 0 unspecified atom stereocenters. The van der Waals surface area contributed by atoms with Gasteiger partial charge in [0.1, 0.15) is 5.56 Å². The van der Waals surface area contributed by atoms with Gasteiger partial charge < -0.3 is 14.8 Å². The summed E-state index contributed by atoms with van der Waals surface area (Å²) in [7, 11) is 0. The van der Waals surface area contributed by atoms with E-state index in [4.69, 9.17) is 5.11 Å². The van der Waals surface area contributed by atoms with Crippen LogP contribution in [0.3, 0.4) is 0 Å². The van der Waals surface area contributed by atoms with Crippen LogP contribution in [0, 0.1) is 6.92 Å². The lowest BCUT2D eigenvalue weighted by Crippen LogP contribution is -2.23. The van der Waals surface area contributed by atoms with Crippen molar-refractivity contribution in [3.8, 4) is 5.75 Å². The number of aromatic hydroxyl groups is 1. The van der Waals surface area contributed by atoms with Crippen LogP contribution in [0.1, 0.15) is 23.0 Å². The average molecular weight is 197 g/mol. The van der Waals surface area contributed by atoms with Crippen LogP contribution in [0.15, 0.2) is 10.9 Å². The second-order valence-corrected chi connectivity index (χ2v) is 2.90. The molecule has 0 radical (unpaired) electrons. The molecule has 1 aromatic heterocycles. The van der Waals surface area contributed by atoms with E-state index in [1.807, 2.05) is 0 Å². The van der Waals surface area contributed by atoms with Crippen molar-refractivity contribution in [2.45, 2.75) is 20.4 Å². The van der Waals surface area contributed by atoms with Gasteiger partial charge in [-0.15, -0.1) is 0 Å². The van der Waals surface area contributed by atoms with Crippen molar-refractivity contribution in [1.29, 1.82) is 0 Å². The second kappa shape index (κ2) is 3.53. The fourth-order valence-electron chi connectivity index (χ4n) is 1.31. The van der Waals surface area contributed by atoms with E-state index in [2.05, 4.69) is 0 Å². The highest BCUT2D eigenvalue weighted by atomic mass is 16.4. The number of rotatable bonds is 2. The molecule has 0 aliphatic carbocycles. The van der Waals surface area contributed by atoms with Gasteiger partial charge in [0.25, 0.3) is 5.56 Å². The molecule has 2 N–H and O–H groups in total. The van der Waals surface area contributed by atoms with E-state index in [0.717, 1.165) is 0 Å². The minimum absolute atomic E-state index is 0.350. The fourth-order valence-corrected chi connectivity index (χ4v) is 1.31. The lowest BCUT2D eigenvalue weighted by molar-refractivity contribution is 0.0693. The maximum atomic E-state index is 11.4. The van der Waals surface area contributed by atoms with Crippen LogP contribution in [0.4, 0.5) is 0 Å². The summed E-state index contributed by atoms with van der Waals surface area (Å²) in [5.41, 5.74) is -0.491. The number of nitrogens with zero attached hydrogens (tertiary/aromatic N) is 1. The molecule has 0 aliphatic heterocycles. The normalized spacial score (nSPS) is 10.1. The van der Waals surface area contributed by atoms with Crippen LogP contribution in [0.5, 0.6) is 5.75 Å².